The van der Waals surface area contributed by atoms with E-state index < -0.39 is 0 Å². The molecule has 5 heteroatoms. The van der Waals surface area contributed by atoms with Gasteiger partial charge in [-0.25, -0.2) is 0 Å². The first-order valence-electron chi connectivity index (χ1n) is 8.68. The Labute approximate surface area is 133 Å². The summed E-state index contributed by atoms with van der Waals surface area (Å²) in [6.07, 6.45) is 6.20. The van der Waals surface area contributed by atoms with Crippen molar-refractivity contribution in [2.45, 2.75) is 38.2 Å². The summed E-state index contributed by atoms with van der Waals surface area (Å²) in [5.41, 5.74) is 0.294. The highest BCUT2D eigenvalue weighted by Crippen LogP contribution is 2.42. The van der Waals surface area contributed by atoms with Crippen molar-refractivity contribution in [3.8, 4) is 0 Å². The zero-order valence-corrected chi connectivity index (χ0v) is 14.1. The molecule has 0 N–H and O–H groups in total. The van der Waals surface area contributed by atoms with E-state index in [9.17, 15) is 4.79 Å². The van der Waals surface area contributed by atoms with Crippen LogP contribution in [0.2, 0.25) is 0 Å². The number of rotatable bonds is 6. The van der Waals surface area contributed by atoms with Gasteiger partial charge in [0.2, 0.25) is 5.91 Å². The maximum absolute atomic E-state index is 12.1. The SMILES string of the molecule is CN(C)CC(=O)N1CCC2(CC1)CO[C@H](COCC1CC1)C2. The highest BCUT2D eigenvalue weighted by atomic mass is 16.5. The summed E-state index contributed by atoms with van der Waals surface area (Å²) in [6, 6.07) is 0. The Balaban J connectivity index is 1.39. The first-order chi connectivity index (χ1) is 10.6. The Bertz CT molecular complexity index is 387. The number of likely N-dealkylation sites (tertiary alicyclic amines) is 1. The van der Waals surface area contributed by atoms with E-state index in [1.807, 2.05) is 23.9 Å². The third-order valence-electron chi connectivity index (χ3n) is 5.27. The number of hydrogen-bond donors (Lipinski definition) is 0. The van der Waals surface area contributed by atoms with Gasteiger partial charge < -0.3 is 19.3 Å². The van der Waals surface area contributed by atoms with Gasteiger partial charge in [0, 0.05) is 19.7 Å². The smallest absolute Gasteiger partial charge is 0.236 e. The van der Waals surface area contributed by atoms with Crippen LogP contribution in [-0.2, 0) is 14.3 Å². The van der Waals surface area contributed by atoms with Crippen molar-refractivity contribution >= 4 is 5.91 Å². The molecular formula is C17H30N2O3. The van der Waals surface area contributed by atoms with Crippen LogP contribution in [0.1, 0.15) is 32.1 Å². The second-order valence-electron chi connectivity index (χ2n) is 7.74. The van der Waals surface area contributed by atoms with Gasteiger partial charge in [-0.15, -0.1) is 0 Å². The van der Waals surface area contributed by atoms with Gasteiger partial charge in [0.15, 0.2) is 0 Å². The fourth-order valence-corrected chi connectivity index (χ4v) is 3.60. The topological polar surface area (TPSA) is 42.0 Å². The van der Waals surface area contributed by atoms with E-state index in [1.165, 1.54) is 12.8 Å². The predicted octanol–water partition coefficient (Wildman–Crippen LogP) is 1.37. The summed E-state index contributed by atoms with van der Waals surface area (Å²) >= 11 is 0. The number of nitrogens with zero attached hydrogens (tertiary/aromatic N) is 2. The van der Waals surface area contributed by atoms with Crippen LogP contribution in [0.15, 0.2) is 0 Å². The molecule has 0 radical (unpaired) electrons. The van der Waals surface area contributed by atoms with Gasteiger partial charge in [0.05, 0.1) is 25.9 Å². The van der Waals surface area contributed by atoms with Gasteiger partial charge >= 0.3 is 0 Å². The summed E-state index contributed by atoms with van der Waals surface area (Å²) in [7, 11) is 3.89. The largest absolute Gasteiger partial charge is 0.378 e. The van der Waals surface area contributed by atoms with Crippen LogP contribution in [0.5, 0.6) is 0 Å². The number of ether oxygens (including phenoxy) is 2. The second kappa shape index (κ2) is 6.85. The number of carbonyl (C=O) groups is 1. The van der Waals surface area contributed by atoms with Crippen LogP contribution in [0.3, 0.4) is 0 Å². The molecule has 5 nitrogen and oxygen atoms in total. The van der Waals surface area contributed by atoms with Crippen LogP contribution in [0.4, 0.5) is 0 Å². The van der Waals surface area contributed by atoms with Gasteiger partial charge in [-0.2, -0.15) is 0 Å². The zero-order valence-electron chi connectivity index (χ0n) is 14.1. The maximum Gasteiger partial charge on any atom is 0.236 e. The Morgan fingerprint density at radius 1 is 1.27 bits per heavy atom. The monoisotopic (exact) mass is 310 g/mol. The van der Waals surface area contributed by atoms with Crippen molar-refractivity contribution in [1.29, 1.82) is 0 Å². The summed E-state index contributed by atoms with van der Waals surface area (Å²) in [6.45, 7) is 4.79. The van der Waals surface area contributed by atoms with Crippen LogP contribution in [0.25, 0.3) is 0 Å². The molecule has 0 aromatic carbocycles. The van der Waals surface area contributed by atoms with Crippen molar-refractivity contribution in [3.63, 3.8) is 0 Å². The van der Waals surface area contributed by atoms with E-state index in [1.54, 1.807) is 0 Å². The number of piperidine rings is 1. The summed E-state index contributed by atoms with van der Waals surface area (Å²) < 4.78 is 11.8. The Kier molecular flexibility index (Phi) is 5.05. The van der Waals surface area contributed by atoms with Crippen molar-refractivity contribution < 1.29 is 14.3 Å². The Morgan fingerprint density at radius 2 is 2.00 bits per heavy atom. The van der Waals surface area contributed by atoms with Crippen LogP contribution in [0, 0.1) is 11.3 Å². The molecule has 1 amide bonds. The lowest BCUT2D eigenvalue weighted by atomic mass is 9.76. The number of hydrogen-bond acceptors (Lipinski definition) is 4. The average Bonchev–Trinajstić information content (AvgIpc) is 3.21. The minimum absolute atomic E-state index is 0.253. The lowest BCUT2D eigenvalue weighted by Gasteiger charge is -2.38. The molecule has 0 bridgehead atoms. The third kappa shape index (κ3) is 4.21. The molecule has 0 aromatic heterocycles. The van der Waals surface area contributed by atoms with Gasteiger partial charge in [-0.3, -0.25) is 4.79 Å². The van der Waals surface area contributed by atoms with Crippen LogP contribution in [-0.4, -0.2) is 75.4 Å². The minimum Gasteiger partial charge on any atom is -0.378 e. The number of likely N-dealkylation sites (N-methyl/N-ethyl adjacent to an activating group) is 1. The fraction of sp³-hybridized carbons (Fsp3) is 0.941. The van der Waals surface area contributed by atoms with Gasteiger partial charge in [0.25, 0.3) is 0 Å². The van der Waals surface area contributed by atoms with E-state index in [0.717, 1.165) is 58.1 Å². The molecule has 2 heterocycles. The maximum atomic E-state index is 12.1. The van der Waals surface area contributed by atoms with Gasteiger partial charge in [0.1, 0.15) is 0 Å². The second-order valence-corrected chi connectivity index (χ2v) is 7.74. The Morgan fingerprint density at radius 3 is 2.64 bits per heavy atom. The normalized spacial score (nSPS) is 27.8. The molecule has 22 heavy (non-hydrogen) atoms. The molecule has 3 rings (SSSR count). The van der Waals surface area contributed by atoms with Crippen molar-refractivity contribution in [2.75, 3.05) is 53.6 Å². The molecule has 2 saturated heterocycles. The molecule has 0 unspecified atom stereocenters. The van der Waals surface area contributed by atoms with E-state index >= 15 is 0 Å². The van der Waals surface area contributed by atoms with E-state index in [2.05, 4.69) is 0 Å². The van der Waals surface area contributed by atoms with Crippen molar-refractivity contribution in [2.24, 2.45) is 11.3 Å². The molecule has 3 aliphatic rings. The van der Waals surface area contributed by atoms with Crippen LogP contribution < -0.4 is 0 Å². The van der Waals surface area contributed by atoms with E-state index in [-0.39, 0.29) is 12.0 Å². The number of amides is 1. The predicted molar refractivity (Wildman–Crippen MR) is 84.7 cm³/mol. The lowest BCUT2D eigenvalue weighted by molar-refractivity contribution is -0.134. The fourth-order valence-electron chi connectivity index (χ4n) is 3.60. The summed E-state index contributed by atoms with van der Waals surface area (Å²) in [5.74, 6) is 1.07. The minimum atomic E-state index is 0.253. The summed E-state index contributed by atoms with van der Waals surface area (Å²) in [5, 5.41) is 0. The molecule has 1 spiro atoms. The van der Waals surface area contributed by atoms with Crippen LogP contribution >= 0.6 is 0 Å². The zero-order chi connectivity index (χ0) is 15.6. The molecule has 3 fully saturated rings. The molecule has 0 aromatic rings. The van der Waals surface area contributed by atoms with Crippen molar-refractivity contribution in [1.82, 2.24) is 9.80 Å². The van der Waals surface area contributed by atoms with Gasteiger partial charge in [-0.05, 0) is 57.5 Å². The molecular weight excluding hydrogens is 280 g/mol. The summed E-state index contributed by atoms with van der Waals surface area (Å²) in [4.78, 5) is 16.1. The molecule has 2 aliphatic heterocycles. The van der Waals surface area contributed by atoms with E-state index in [4.69, 9.17) is 9.47 Å². The quantitative estimate of drug-likeness (QED) is 0.743. The lowest BCUT2D eigenvalue weighted by Crippen LogP contribution is -2.46. The van der Waals surface area contributed by atoms with Crippen molar-refractivity contribution in [3.05, 3.63) is 0 Å². The molecule has 126 valence electrons. The highest BCUT2D eigenvalue weighted by molar-refractivity contribution is 5.78. The molecule has 1 atom stereocenters. The first-order valence-corrected chi connectivity index (χ1v) is 8.68. The van der Waals surface area contributed by atoms with Gasteiger partial charge in [-0.1, -0.05) is 0 Å². The first kappa shape index (κ1) is 16.2. The highest BCUT2D eigenvalue weighted by Gasteiger charge is 2.43. The average molecular weight is 310 g/mol. The number of carbonyl (C=O) groups excluding carboxylic acids is 1. The Hall–Kier alpha value is -0.650. The van der Waals surface area contributed by atoms with E-state index in [0.29, 0.717) is 12.0 Å². The molecule has 1 aliphatic carbocycles. The molecule has 1 saturated carbocycles. The third-order valence-corrected chi connectivity index (χ3v) is 5.27. The standard InChI is InChI=1S/C17H30N2O3/c1-18(2)10-16(20)19-7-5-17(6-8-19)9-15(22-13-17)12-21-11-14-3-4-14/h14-15H,3-13H2,1-2H3/t15-/m0/s1.